The fourth-order valence-electron chi connectivity index (χ4n) is 2.65. The highest BCUT2D eigenvalue weighted by Gasteiger charge is 2.35. The van der Waals surface area contributed by atoms with E-state index >= 15 is 0 Å². The third kappa shape index (κ3) is 3.74. The van der Waals surface area contributed by atoms with Crippen LogP contribution in [0.1, 0.15) is 39.5 Å². The van der Waals surface area contributed by atoms with Gasteiger partial charge in [-0.05, 0) is 25.7 Å². The van der Waals surface area contributed by atoms with Crippen molar-refractivity contribution in [3.8, 4) is 0 Å². The van der Waals surface area contributed by atoms with Gasteiger partial charge in [0.05, 0.1) is 18.3 Å². The Morgan fingerprint density at radius 1 is 1.53 bits per heavy atom. The van der Waals surface area contributed by atoms with Gasteiger partial charge in [-0.2, -0.15) is 0 Å². The molecule has 0 aromatic rings. The second-order valence-electron chi connectivity index (χ2n) is 4.97. The molecule has 0 aromatic carbocycles. The van der Waals surface area contributed by atoms with E-state index in [9.17, 15) is 0 Å². The summed E-state index contributed by atoms with van der Waals surface area (Å²) in [6.07, 6.45) is 4.88. The Morgan fingerprint density at radius 2 is 2.27 bits per heavy atom. The highest BCUT2D eigenvalue weighted by molar-refractivity contribution is 4.88. The molecule has 1 rings (SSSR count). The molecule has 1 saturated carbocycles. The molecule has 0 aliphatic heterocycles. The van der Waals surface area contributed by atoms with Gasteiger partial charge in [0, 0.05) is 13.7 Å². The summed E-state index contributed by atoms with van der Waals surface area (Å²) in [7, 11) is 1.71. The van der Waals surface area contributed by atoms with E-state index in [0.29, 0.717) is 13.2 Å². The maximum absolute atomic E-state index is 6.09. The first kappa shape index (κ1) is 12.9. The zero-order valence-electron chi connectivity index (χ0n) is 10.3. The first-order valence-electron chi connectivity index (χ1n) is 5.99. The summed E-state index contributed by atoms with van der Waals surface area (Å²) >= 11 is 0. The molecule has 1 aliphatic rings. The lowest BCUT2D eigenvalue weighted by Crippen LogP contribution is -2.47. The van der Waals surface area contributed by atoms with E-state index in [1.54, 1.807) is 7.11 Å². The van der Waals surface area contributed by atoms with Crippen LogP contribution >= 0.6 is 0 Å². The summed E-state index contributed by atoms with van der Waals surface area (Å²) in [5.74, 6) is 0.733. The summed E-state index contributed by atoms with van der Waals surface area (Å²) in [5.41, 5.74) is 5.79. The van der Waals surface area contributed by atoms with Crippen LogP contribution in [0.4, 0.5) is 0 Å². The predicted octanol–water partition coefficient (Wildman–Crippen LogP) is 1.95. The van der Waals surface area contributed by atoms with E-state index in [1.165, 1.54) is 12.8 Å². The van der Waals surface area contributed by atoms with Gasteiger partial charge in [0.1, 0.15) is 0 Å². The Labute approximate surface area is 93.3 Å². The van der Waals surface area contributed by atoms with Crippen LogP contribution in [-0.4, -0.2) is 32.0 Å². The van der Waals surface area contributed by atoms with Crippen LogP contribution in [-0.2, 0) is 9.47 Å². The van der Waals surface area contributed by atoms with Gasteiger partial charge in [-0.15, -0.1) is 0 Å². The first-order chi connectivity index (χ1) is 7.12. The average molecular weight is 215 g/mol. The number of hydrogen-bond donors (Lipinski definition) is 1. The Balaban J connectivity index is 2.51. The normalized spacial score (nSPS) is 34.0. The molecule has 2 N–H and O–H groups in total. The van der Waals surface area contributed by atoms with Crippen LogP contribution in [0, 0.1) is 5.92 Å². The molecule has 0 spiro atoms. The van der Waals surface area contributed by atoms with E-state index < -0.39 is 0 Å². The van der Waals surface area contributed by atoms with Crippen LogP contribution in [0.15, 0.2) is 0 Å². The van der Waals surface area contributed by atoms with Crippen LogP contribution in [0.3, 0.4) is 0 Å². The van der Waals surface area contributed by atoms with E-state index in [2.05, 4.69) is 13.8 Å². The van der Waals surface area contributed by atoms with Crippen molar-refractivity contribution in [2.24, 2.45) is 11.7 Å². The zero-order valence-corrected chi connectivity index (χ0v) is 10.3. The molecule has 3 heteroatoms. The lowest BCUT2D eigenvalue weighted by molar-refractivity contribution is -0.126. The average Bonchev–Trinajstić information content (AvgIpc) is 2.18. The standard InChI is InChI=1S/C12H25NO2/c1-10-5-4-6-12(7-10,9-13)15-11(2)8-14-3/h10-11H,4-9,13H2,1-3H3. The van der Waals surface area contributed by atoms with Crippen LogP contribution < -0.4 is 5.73 Å². The maximum Gasteiger partial charge on any atom is 0.0811 e. The Morgan fingerprint density at radius 3 is 2.80 bits per heavy atom. The van der Waals surface area contributed by atoms with Gasteiger partial charge in [-0.3, -0.25) is 0 Å². The van der Waals surface area contributed by atoms with E-state index in [0.717, 1.165) is 18.8 Å². The molecule has 3 unspecified atom stereocenters. The molecule has 0 heterocycles. The number of rotatable bonds is 5. The summed E-state index contributed by atoms with van der Waals surface area (Å²) in [5, 5.41) is 0. The topological polar surface area (TPSA) is 44.5 Å². The number of hydrogen-bond acceptors (Lipinski definition) is 3. The molecule has 1 fully saturated rings. The minimum Gasteiger partial charge on any atom is -0.382 e. The van der Waals surface area contributed by atoms with Crippen LogP contribution in [0.5, 0.6) is 0 Å². The third-order valence-electron chi connectivity index (χ3n) is 3.27. The largest absolute Gasteiger partial charge is 0.382 e. The fourth-order valence-corrected chi connectivity index (χ4v) is 2.65. The summed E-state index contributed by atoms with van der Waals surface area (Å²) in [6.45, 7) is 5.62. The third-order valence-corrected chi connectivity index (χ3v) is 3.27. The Hall–Kier alpha value is -0.120. The molecular formula is C12H25NO2. The lowest BCUT2D eigenvalue weighted by atomic mass is 9.78. The van der Waals surface area contributed by atoms with Crippen molar-refractivity contribution in [2.75, 3.05) is 20.3 Å². The molecule has 0 radical (unpaired) electrons. The maximum atomic E-state index is 6.09. The highest BCUT2D eigenvalue weighted by Crippen LogP contribution is 2.35. The molecule has 0 amide bonds. The minimum atomic E-state index is -0.0877. The minimum absolute atomic E-state index is 0.0877. The van der Waals surface area contributed by atoms with Crippen molar-refractivity contribution in [1.29, 1.82) is 0 Å². The molecule has 15 heavy (non-hydrogen) atoms. The molecule has 0 aromatic heterocycles. The number of ether oxygens (including phenoxy) is 2. The van der Waals surface area contributed by atoms with Crippen molar-refractivity contribution in [3.05, 3.63) is 0 Å². The van der Waals surface area contributed by atoms with Crippen molar-refractivity contribution in [3.63, 3.8) is 0 Å². The van der Waals surface area contributed by atoms with Crippen molar-refractivity contribution in [1.82, 2.24) is 0 Å². The SMILES string of the molecule is COCC(C)OC1(CN)CCCC(C)C1. The summed E-state index contributed by atoms with van der Waals surface area (Å²) in [6, 6.07) is 0. The van der Waals surface area contributed by atoms with Gasteiger partial charge in [0.2, 0.25) is 0 Å². The van der Waals surface area contributed by atoms with Crippen molar-refractivity contribution >= 4 is 0 Å². The summed E-state index contributed by atoms with van der Waals surface area (Å²) in [4.78, 5) is 0. The molecule has 0 bridgehead atoms. The highest BCUT2D eigenvalue weighted by atomic mass is 16.5. The predicted molar refractivity (Wildman–Crippen MR) is 61.8 cm³/mol. The Kier molecular flexibility index (Phi) is 5.03. The second-order valence-corrected chi connectivity index (χ2v) is 4.97. The fraction of sp³-hybridized carbons (Fsp3) is 1.00. The van der Waals surface area contributed by atoms with Gasteiger partial charge in [-0.25, -0.2) is 0 Å². The molecule has 1 aliphatic carbocycles. The van der Waals surface area contributed by atoms with Crippen molar-refractivity contribution in [2.45, 2.75) is 51.2 Å². The molecule has 0 saturated heterocycles. The van der Waals surface area contributed by atoms with Gasteiger partial charge in [0.15, 0.2) is 0 Å². The second kappa shape index (κ2) is 5.83. The quantitative estimate of drug-likeness (QED) is 0.762. The van der Waals surface area contributed by atoms with E-state index in [-0.39, 0.29) is 11.7 Å². The summed E-state index contributed by atoms with van der Waals surface area (Å²) < 4.78 is 11.2. The number of nitrogens with two attached hydrogens (primary N) is 1. The first-order valence-corrected chi connectivity index (χ1v) is 5.99. The molecule has 3 nitrogen and oxygen atoms in total. The molecule has 3 atom stereocenters. The Bertz CT molecular complexity index is 186. The van der Waals surface area contributed by atoms with Crippen LogP contribution in [0.2, 0.25) is 0 Å². The monoisotopic (exact) mass is 215 g/mol. The van der Waals surface area contributed by atoms with Gasteiger partial charge < -0.3 is 15.2 Å². The van der Waals surface area contributed by atoms with Gasteiger partial charge >= 0.3 is 0 Å². The van der Waals surface area contributed by atoms with Crippen LogP contribution in [0.25, 0.3) is 0 Å². The van der Waals surface area contributed by atoms with E-state index in [4.69, 9.17) is 15.2 Å². The van der Waals surface area contributed by atoms with Gasteiger partial charge in [0.25, 0.3) is 0 Å². The van der Waals surface area contributed by atoms with E-state index in [1.807, 2.05) is 0 Å². The molecule has 90 valence electrons. The smallest absolute Gasteiger partial charge is 0.0811 e. The zero-order chi connectivity index (χ0) is 11.3. The lowest BCUT2D eigenvalue weighted by Gasteiger charge is -2.40. The van der Waals surface area contributed by atoms with Crippen molar-refractivity contribution < 1.29 is 9.47 Å². The molecular weight excluding hydrogens is 190 g/mol. The van der Waals surface area contributed by atoms with Gasteiger partial charge in [-0.1, -0.05) is 19.8 Å². The number of methoxy groups -OCH3 is 1.